The van der Waals surface area contributed by atoms with E-state index in [0.29, 0.717) is 25.7 Å². The molecule has 0 heterocycles. The highest BCUT2D eigenvalue weighted by atomic mass is 31.2. The van der Waals surface area contributed by atoms with E-state index in [2.05, 4.69) is 41.5 Å². The van der Waals surface area contributed by atoms with E-state index in [0.717, 1.165) is 102 Å². The Bertz CT molecular complexity index is 1890. The molecule has 0 aromatic heterocycles. The highest BCUT2D eigenvalue weighted by Gasteiger charge is 2.30. The predicted molar refractivity (Wildman–Crippen MR) is 400 cm³/mol. The van der Waals surface area contributed by atoms with E-state index in [1.165, 1.54) is 231 Å². The summed E-state index contributed by atoms with van der Waals surface area (Å²) in [6, 6.07) is 0. The number of carbonyl (C=O) groups is 4. The van der Waals surface area contributed by atoms with Crippen LogP contribution >= 0.6 is 15.6 Å². The minimum atomic E-state index is -4.96. The number of hydrogen-bond acceptors (Lipinski definition) is 15. The molecule has 0 aliphatic carbocycles. The summed E-state index contributed by atoms with van der Waals surface area (Å²) in [5.74, 6) is -0.586. The largest absolute Gasteiger partial charge is 0.472 e. The number of aliphatic hydroxyl groups is 1. The molecule has 17 nitrogen and oxygen atoms in total. The van der Waals surface area contributed by atoms with E-state index in [1.807, 2.05) is 0 Å². The molecule has 0 radical (unpaired) electrons. The second-order valence-electron chi connectivity index (χ2n) is 29.4. The molecule has 0 aromatic carbocycles. The maximum absolute atomic E-state index is 13.1. The Balaban J connectivity index is 5.20. The van der Waals surface area contributed by atoms with Crippen molar-refractivity contribution in [1.82, 2.24) is 0 Å². The van der Waals surface area contributed by atoms with Crippen molar-refractivity contribution >= 4 is 39.5 Å². The average Bonchev–Trinajstić information content (AvgIpc) is 1.24. The van der Waals surface area contributed by atoms with Crippen LogP contribution in [0.25, 0.3) is 0 Å². The zero-order chi connectivity index (χ0) is 72.1. The Kier molecular flexibility index (Phi) is 69.3. The zero-order valence-corrected chi connectivity index (χ0v) is 65.9. The third-order valence-electron chi connectivity index (χ3n) is 18.5. The van der Waals surface area contributed by atoms with Crippen molar-refractivity contribution in [3.63, 3.8) is 0 Å². The maximum atomic E-state index is 13.1. The minimum absolute atomic E-state index is 0.105. The molecule has 98 heavy (non-hydrogen) atoms. The standard InChI is InChI=1S/C79H154O17P2/c1-7-9-11-13-15-17-18-19-20-21-22-23-24-25-26-29-33-39-45-51-57-63-78(83)95-75(68-90-77(82)62-56-50-44-38-32-30-27-28-31-36-41-47-53-59-71(3)4)70-94-98(87,88)92-66-73(80)65-91-97(85,86)93-69-74(67-89-76(81)61-55-49-43-35-16-14-12-10-8-2)96-79(84)64-58-52-46-40-34-37-42-48-54-60-72(5)6/h71-75,80H,7-70H2,1-6H3,(H,85,86)(H,87,88)/t73-,74+,75+/m0/s1. The summed E-state index contributed by atoms with van der Waals surface area (Å²) < 4.78 is 68.6. The lowest BCUT2D eigenvalue weighted by atomic mass is 10.0. The van der Waals surface area contributed by atoms with Crippen LogP contribution in [0, 0.1) is 11.8 Å². The van der Waals surface area contributed by atoms with Crippen LogP contribution in [-0.4, -0.2) is 96.7 Å². The Hall–Kier alpha value is -1.94. The van der Waals surface area contributed by atoms with Crippen LogP contribution < -0.4 is 0 Å². The second kappa shape index (κ2) is 70.7. The van der Waals surface area contributed by atoms with Gasteiger partial charge in [-0.2, -0.15) is 0 Å². The summed E-state index contributed by atoms with van der Waals surface area (Å²) in [6.07, 6.45) is 59.8. The number of ether oxygens (including phenoxy) is 4. The molecule has 0 saturated heterocycles. The highest BCUT2D eigenvalue weighted by Crippen LogP contribution is 2.45. The van der Waals surface area contributed by atoms with E-state index in [-0.39, 0.29) is 25.7 Å². The molecule has 0 bridgehead atoms. The Morgan fingerprint density at radius 1 is 0.276 bits per heavy atom. The molecule has 582 valence electrons. The van der Waals surface area contributed by atoms with E-state index in [4.69, 9.17) is 37.0 Å². The lowest BCUT2D eigenvalue weighted by molar-refractivity contribution is -0.161. The van der Waals surface area contributed by atoms with E-state index < -0.39 is 97.5 Å². The number of esters is 4. The third kappa shape index (κ3) is 72.4. The monoisotopic (exact) mass is 1440 g/mol. The van der Waals surface area contributed by atoms with E-state index in [1.54, 1.807) is 0 Å². The summed E-state index contributed by atoms with van der Waals surface area (Å²) in [7, 11) is -9.91. The minimum Gasteiger partial charge on any atom is -0.462 e. The van der Waals surface area contributed by atoms with Crippen molar-refractivity contribution < 1.29 is 80.2 Å². The van der Waals surface area contributed by atoms with E-state index >= 15 is 0 Å². The SMILES string of the molecule is CCCCCCCCCCCCCCCCCCCCCCCC(=O)O[C@H](COC(=O)CCCCCCCCCCCCCCCC(C)C)COP(=O)(O)OC[C@@H](O)COP(=O)(O)OC[C@@H](COC(=O)CCCCCCCCCCC)OC(=O)CCCCCCCCCCCC(C)C. The van der Waals surface area contributed by atoms with Gasteiger partial charge >= 0.3 is 39.5 Å². The van der Waals surface area contributed by atoms with Gasteiger partial charge in [0, 0.05) is 25.7 Å². The van der Waals surface area contributed by atoms with Crippen molar-refractivity contribution in [3.8, 4) is 0 Å². The molecule has 0 aromatic rings. The third-order valence-corrected chi connectivity index (χ3v) is 20.4. The van der Waals surface area contributed by atoms with Gasteiger partial charge in [-0.25, -0.2) is 9.13 Å². The lowest BCUT2D eigenvalue weighted by Crippen LogP contribution is -2.30. The Morgan fingerprint density at radius 3 is 0.694 bits per heavy atom. The maximum Gasteiger partial charge on any atom is 0.472 e. The van der Waals surface area contributed by atoms with Gasteiger partial charge in [0.25, 0.3) is 0 Å². The lowest BCUT2D eigenvalue weighted by Gasteiger charge is -2.21. The summed E-state index contributed by atoms with van der Waals surface area (Å²) in [5, 5.41) is 10.6. The molecule has 2 unspecified atom stereocenters. The summed E-state index contributed by atoms with van der Waals surface area (Å²) >= 11 is 0. The summed E-state index contributed by atoms with van der Waals surface area (Å²) in [5.41, 5.74) is 0. The van der Waals surface area contributed by atoms with Gasteiger partial charge < -0.3 is 33.8 Å². The van der Waals surface area contributed by atoms with Crippen LogP contribution in [0.1, 0.15) is 414 Å². The van der Waals surface area contributed by atoms with Crippen molar-refractivity contribution in [2.24, 2.45) is 11.8 Å². The molecule has 0 spiro atoms. The molecule has 5 atom stereocenters. The van der Waals surface area contributed by atoms with Crippen molar-refractivity contribution in [2.75, 3.05) is 39.6 Å². The van der Waals surface area contributed by atoms with Crippen LogP contribution in [0.5, 0.6) is 0 Å². The van der Waals surface area contributed by atoms with Gasteiger partial charge in [-0.1, -0.05) is 363 Å². The molecule has 0 saturated carbocycles. The number of phosphoric acid groups is 2. The molecular weight excluding hydrogens is 1280 g/mol. The predicted octanol–water partition coefficient (Wildman–Crippen LogP) is 23.5. The van der Waals surface area contributed by atoms with Crippen molar-refractivity contribution in [3.05, 3.63) is 0 Å². The van der Waals surface area contributed by atoms with Crippen LogP contribution in [0.15, 0.2) is 0 Å². The van der Waals surface area contributed by atoms with Gasteiger partial charge in [0.1, 0.15) is 19.3 Å². The van der Waals surface area contributed by atoms with E-state index in [9.17, 15) is 43.2 Å². The number of aliphatic hydroxyl groups excluding tert-OH is 1. The van der Waals surface area contributed by atoms with Gasteiger partial charge in [-0.05, 0) is 37.5 Å². The summed E-state index contributed by atoms with van der Waals surface area (Å²) in [4.78, 5) is 72.9. The normalized spacial score (nSPS) is 13.9. The molecule has 3 N–H and O–H groups in total. The first-order valence-corrected chi connectivity index (χ1v) is 44.0. The number of rotatable bonds is 78. The number of carbonyl (C=O) groups excluding carboxylic acids is 4. The van der Waals surface area contributed by atoms with Crippen LogP contribution in [0.4, 0.5) is 0 Å². The second-order valence-corrected chi connectivity index (χ2v) is 32.3. The fourth-order valence-electron chi connectivity index (χ4n) is 12.2. The van der Waals surface area contributed by atoms with Crippen LogP contribution in [-0.2, 0) is 65.4 Å². The highest BCUT2D eigenvalue weighted by molar-refractivity contribution is 7.47. The fraction of sp³-hybridized carbons (Fsp3) is 0.949. The van der Waals surface area contributed by atoms with Crippen molar-refractivity contribution in [1.29, 1.82) is 0 Å². The number of unbranched alkanes of at least 4 members (excludes halogenated alkanes) is 48. The topological polar surface area (TPSA) is 237 Å². The van der Waals surface area contributed by atoms with Crippen LogP contribution in [0.3, 0.4) is 0 Å². The van der Waals surface area contributed by atoms with Gasteiger partial charge in [0.2, 0.25) is 0 Å². The van der Waals surface area contributed by atoms with Crippen LogP contribution in [0.2, 0.25) is 0 Å². The Morgan fingerprint density at radius 2 is 0.469 bits per heavy atom. The molecular formula is C79H154O17P2. The first kappa shape index (κ1) is 96.1. The number of hydrogen-bond donors (Lipinski definition) is 3. The Labute approximate surface area is 600 Å². The quantitative estimate of drug-likeness (QED) is 0.0222. The van der Waals surface area contributed by atoms with Gasteiger partial charge in [-0.3, -0.25) is 37.3 Å². The zero-order valence-electron chi connectivity index (χ0n) is 64.1. The molecule has 0 aliphatic rings. The molecule has 0 aliphatic heterocycles. The molecule has 0 fully saturated rings. The first-order valence-electron chi connectivity index (χ1n) is 41.0. The van der Waals surface area contributed by atoms with Gasteiger partial charge in [-0.15, -0.1) is 0 Å². The molecule has 0 amide bonds. The van der Waals surface area contributed by atoms with Gasteiger partial charge in [0.05, 0.1) is 26.4 Å². The fourth-order valence-corrected chi connectivity index (χ4v) is 13.8. The van der Waals surface area contributed by atoms with Crippen molar-refractivity contribution in [2.45, 2.75) is 432 Å². The van der Waals surface area contributed by atoms with Gasteiger partial charge in [0.15, 0.2) is 12.2 Å². The molecule has 19 heteroatoms. The first-order chi connectivity index (χ1) is 47.4. The summed E-state index contributed by atoms with van der Waals surface area (Å²) in [6.45, 7) is 9.59. The molecule has 0 rings (SSSR count). The smallest absolute Gasteiger partial charge is 0.462 e. The average molecular weight is 1440 g/mol. The number of phosphoric ester groups is 2.